The van der Waals surface area contributed by atoms with Gasteiger partial charge in [0.2, 0.25) is 0 Å². The molecule has 0 aliphatic heterocycles. The molecule has 2 aliphatic carbocycles. The first-order chi connectivity index (χ1) is 10.2. The molecule has 0 aromatic rings. The summed E-state index contributed by atoms with van der Waals surface area (Å²) >= 11 is 0. The van der Waals surface area contributed by atoms with E-state index in [-0.39, 0.29) is 12.1 Å². The second-order valence-corrected chi connectivity index (χ2v) is 7.75. The average molecular weight is 339 g/mol. The van der Waals surface area contributed by atoms with Gasteiger partial charge in [-0.1, -0.05) is 38.5 Å². The predicted octanol–water partition coefficient (Wildman–Crippen LogP) is 2.96. The van der Waals surface area contributed by atoms with Crippen molar-refractivity contribution in [1.82, 2.24) is 4.90 Å². The van der Waals surface area contributed by atoms with E-state index in [1.54, 1.807) is 0 Å². The van der Waals surface area contributed by atoms with Gasteiger partial charge in [-0.05, 0) is 25.7 Å². The highest BCUT2D eigenvalue weighted by atomic mass is 32.2. The Balaban J connectivity index is 2.28. The summed E-state index contributed by atoms with van der Waals surface area (Å²) < 4.78 is 58.3. The minimum absolute atomic E-state index is 0.350. The second kappa shape index (κ2) is 6.78. The van der Waals surface area contributed by atoms with Crippen LogP contribution in [0, 0.1) is 0 Å². The van der Waals surface area contributed by atoms with Gasteiger partial charge in [-0.2, -0.15) is 17.2 Å². The van der Waals surface area contributed by atoms with Crippen LogP contribution < -0.4 is 0 Å². The molecule has 1 N–H and O–H groups in total. The van der Waals surface area contributed by atoms with Crippen molar-refractivity contribution in [2.45, 2.75) is 81.5 Å². The third-order valence-corrected chi connectivity index (χ3v) is 5.57. The van der Waals surface area contributed by atoms with Crippen molar-refractivity contribution in [1.29, 1.82) is 0 Å². The molecule has 2 rings (SSSR count). The van der Waals surface area contributed by atoms with Crippen molar-refractivity contribution in [2.75, 3.05) is 0 Å². The molecule has 0 saturated heterocycles. The lowest BCUT2D eigenvalue weighted by Gasteiger charge is -2.42. The minimum atomic E-state index is -5.75. The van der Waals surface area contributed by atoms with Gasteiger partial charge in [0.15, 0.2) is 0 Å². The first kappa shape index (κ1) is 17.6. The molecule has 0 aromatic heterocycles. The monoisotopic (exact) mass is 339 g/mol. The van der Waals surface area contributed by atoms with Crippen molar-refractivity contribution in [2.24, 2.45) is 0 Å². The third-order valence-electron chi connectivity index (χ3n) is 4.74. The van der Waals surface area contributed by atoms with E-state index in [2.05, 4.69) is 0 Å². The summed E-state index contributed by atoms with van der Waals surface area (Å²) in [5.74, 6) is -1.76. The molecule has 2 aliphatic rings. The lowest BCUT2D eigenvalue weighted by molar-refractivity contribution is -0.154. The Morgan fingerprint density at radius 1 is 0.909 bits per heavy atom. The maximum atomic E-state index is 13.9. The summed E-state index contributed by atoms with van der Waals surface area (Å²) in [6.45, 7) is 0. The van der Waals surface area contributed by atoms with Gasteiger partial charge < -0.3 is 4.90 Å². The summed E-state index contributed by atoms with van der Waals surface area (Å²) in [7, 11) is -5.75. The number of hydrogen-bond donors (Lipinski definition) is 1. The van der Waals surface area contributed by atoms with Crippen molar-refractivity contribution in [3.05, 3.63) is 0 Å². The highest BCUT2D eigenvalue weighted by molar-refractivity contribution is 7.87. The van der Waals surface area contributed by atoms with E-state index in [0.717, 1.165) is 43.4 Å². The molecule has 0 heterocycles. The number of hydrogen-bond acceptors (Lipinski definition) is 3. The zero-order chi connectivity index (χ0) is 16.4. The van der Waals surface area contributed by atoms with E-state index in [9.17, 15) is 22.0 Å². The third kappa shape index (κ3) is 3.59. The summed E-state index contributed by atoms with van der Waals surface area (Å²) in [6, 6.07) is -0.700. The molecular weight excluding hydrogens is 316 g/mol. The van der Waals surface area contributed by atoms with Crippen LogP contribution in [0.25, 0.3) is 0 Å². The van der Waals surface area contributed by atoms with Crippen molar-refractivity contribution < 1.29 is 26.5 Å². The van der Waals surface area contributed by atoms with Crippen LogP contribution in [0.15, 0.2) is 0 Å². The van der Waals surface area contributed by atoms with Crippen LogP contribution >= 0.6 is 0 Å². The number of rotatable bonds is 4. The molecule has 22 heavy (non-hydrogen) atoms. The van der Waals surface area contributed by atoms with Gasteiger partial charge >= 0.3 is 21.3 Å². The van der Waals surface area contributed by atoms with Crippen molar-refractivity contribution >= 4 is 16.0 Å². The highest BCUT2D eigenvalue weighted by Crippen LogP contribution is 2.34. The number of alkyl halides is 2. The number of carbonyl (C=O) groups excluding carboxylic acids is 1. The summed E-state index contributed by atoms with van der Waals surface area (Å²) in [5.41, 5.74) is 0. The molecular formula is C14H23F2NO4S. The van der Waals surface area contributed by atoms with Crippen LogP contribution in [0.2, 0.25) is 0 Å². The van der Waals surface area contributed by atoms with E-state index in [1.807, 2.05) is 0 Å². The molecule has 128 valence electrons. The lowest BCUT2D eigenvalue weighted by atomic mass is 9.88. The van der Waals surface area contributed by atoms with E-state index in [4.69, 9.17) is 4.55 Å². The van der Waals surface area contributed by atoms with Gasteiger partial charge in [-0.25, -0.2) is 0 Å². The van der Waals surface area contributed by atoms with Gasteiger partial charge in [-0.3, -0.25) is 9.35 Å². The fourth-order valence-corrected chi connectivity index (χ4v) is 3.93. The SMILES string of the molecule is O=C(N(C1CCCCC1)C1CCCCC1)C(F)(F)S(=O)(=O)O. The van der Waals surface area contributed by atoms with Crippen LogP contribution in [0.3, 0.4) is 0 Å². The zero-order valence-electron chi connectivity index (χ0n) is 12.5. The topological polar surface area (TPSA) is 74.7 Å². The van der Waals surface area contributed by atoms with E-state index >= 15 is 0 Å². The first-order valence-electron chi connectivity index (χ1n) is 7.93. The van der Waals surface area contributed by atoms with Crippen molar-refractivity contribution in [3.8, 4) is 0 Å². The second-order valence-electron chi connectivity index (χ2n) is 6.29. The van der Waals surface area contributed by atoms with Gasteiger partial charge in [0.05, 0.1) is 0 Å². The summed E-state index contributed by atoms with van der Waals surface area (Å²) in [4.78, 5) is 13.3. The van der Waals surface area contributed by atoms with Crippen molar-refractivity contribution in [3.63, 3.8) is 0 Å². The smallest absolute Gasteiger partial charge is 0.330 e. The predicted molar refractivity (Wildman–Crippen MR) is 77.1 cm³/mol. The highest BCUT2D eigenvalue weighted by Gasteiger charge is 2.56. The maximum Gasteiger partial charge on any atom is 0.446 e. The molecule has 8 heteroatoms. The minimum Gasteiger partial charge on any atom is -0.330 e. The molecule has 0 radical (unpaired) electrons. The summed E-state index contributed by atoms with van der Waals surface area (Å²) in [5, 5.41) is -4.76. The van der Waals surface area contributed by atoms with Crippen LogP contribution in [-0.4, -0.2) is 41.1 Å². The molecule has 0 spiro atoms. The van der Waals surface area contributed by atoms with Gasteiger partial charge in [0, 0.05) is 12.1 Å². The quantitative estimate of drug-likeness (QED) is 0.799. The molecule has 2 fully saturated rings. The maximum absolute atomic E-state index is 13.9. The molecule has 2 saturated carbocycles. The zero-order valence-corrected chi connectivity index (χ0v) is 13.3. The molecule has 0 aromatic carbocycles. The Labute approximate surface area is 129 Å². The normalized spacial score (nSPS) is 22.5. The lowest BCUT2D eigenvalue weighted by Crippen LogP contribution is -2.56. The van der Waals surface area contributed by atoms with Crippen LogP contribution in [0.5, 0.6) is 0 Å². The Kier molecular flexibility index (Phi) is 5.42. The average Bonchev–Trinajstić information content (AvgIpc) is 2.48. The fourth-order valence-electron chi connectivity index (χ4n) is 3.61. The van der Waals surface area contributed by atoms with Gasteiger partial charge in [0.1, 0.15) is 0 Å². The Hall–Kier alpha value is -0.760. The molecule has 0 unspecified atom stereocenters. The molecule has 0 bridgehead atoms. The molecule has 0 atom stereocenters. The number of amides is 1. The number of halogens is 2. The van der Waals surface area contributed by atoms with E-state index < -0.39 is 21.3 Å². The van der Waals surface area contributed by atoms with Gasteiger partial charge in [0.25, 0.3) is 0 Å². The Morgan fingerprint density at radius 3 is 1.59 bits per heavy atom. The number of carbonyl (C=O) groups is 1. The Morgan fingerprint density at radius 2 is 1.27 bits per heavy atom. The molecule has 5 nitrogen and oxygen atoms in total. The fraction of sp³-hybridized carbons (Fsp3) is 0.929. The van der Waals surface area contributed by atoms with E-state index in [1.165, 1.54) is 0 Å². The largest absolute Gasteiger partial charge is 0.446 e. The van der Waals surface area contributed by atoms with Crippen LogP contribution in [-0.2, 0) is 14.9 Å². The summed E-state index contributed by atoms with van der Waals surface area (Å²) in [6.07, 6.45) is 7.84. The van der Waals surface area contributed by atoms with Crippen LogP contribution in [0.1, 0.15) is 64.2 Å². The first-order valence-corrected chi connectivity index (χ1v) is 9.37. The van der Waals surface area contributed by atoms with Gasteiger partial charge in [-0.15, -0.1) is 0 Å². The molecule has 1 amide bonds. The van der Waals surface area contributed by atoms with Crippen LogP contribution in [0.4, 0.5) is 8.78 Å². The standard InChI is InChI=1S/C14H23F2NO4S/c15-14(16,22(19,20)21)13(18)17(11-7-3-1-4-8-11)12-9-5-2-6-10-12/h11-12H,1-10H2,(H,19,20,21). The Bertz CT molecular complexity index is 479. The van der Waals surface area contributed by atoms with E-state index in [0.29, 0.717) is 25.7 Å². The number of nitrogens with zero attached hydrogens (tertiary/aromatic N) is 1.